The molecule has 84 valence electrons. The lowest BCUT2D eigenvalue weighted by atomic mass is 10.1. The number of aryl methyl sites for hydroxylation is 1. The molecule has 0 heterocycles. The minimum Gasteiger partial charge on any atom is -0.373 e. The van der Waals surface area contributed by atoms with Crippen molar-refractivity contribution in [3.05, 3.63) is 35.9 Å². The van der Waals surface area contributed by atoms with E-state index in [-0.39, 0.29) is 18.4 Å². The van der Waals surface area contributed by atoms with Gasteiger partial charge >= 0.3 is 5.97 Å². The van der Waals surface area contributed by atoms with Crippen LogP contribution in [0.4, 0.5) is 0 Å². The Morgan fingerprint density at radius 2 is 1.87 bits per heavy atom. The van der Waals surface area contributed by atoms with E-state index in [2.05, 4.69) is 17.0 Å². The molecule has 0 amide bonds. The van der Waals surface area contributed by atoms with E-state index in [0.717, 1.165) is 19.3 Å². The van der Waals surface area contributed by atoms with Crippen LogP contribution in [-0.4, -0.2) is 5.97 Å². The van der Waals surface area contributed by atoms with Gasteiger partial charge in [-0.15, -0.1) is 12.4 Å². The summed E-state index contributed by atoms with van der Waals surface area (Å²) < 4.78 is 0. The number of nitrogens with two attached hydrogens (primary N) is 1. The van der Waals surface area contributed by atoms with Crippen molar-refractivity contribution in [1.82, 2.24) is 0 Å². The largest absolute Gasteiger partial charge is 0.373 e. The maximum atomic E-state index is 10.7. The molecular formula is C11H16ClNO2. The molecule has 0 saturated heterocycles. The van der Waals surface area contributed by atoms with E-state index >= 15 is 0 Å². The molecule has 2 N–H and O–H groups in total. The molecule has 1 aromatic rings. The average Bonchev–Trinajstić information content (AvgIpc) is 2.25. The van der Waals surface area contributed by atoms with Gasteiger partial charge in [-0.3, -0.25) is 4.79 Å². The summed E-state index contributed by atoms with van der Waals surface area (Å²) in [7, 11) is 0. The highest BCUT2D eigenvalue weighted by molar-refractivity contribution is 5.85. The fraction of sp³-hybridized carbons (Fsp3) is 0.364. The predicted molar refractivity (Wildman–Crippen MR) is 61.5 cm³/mol. The lowest BCUT2D eigenvalue weighted by Gasteiger charge is -2.00. The maximum Gasteiger partial charge on any atom is 0.324 e. The Bertz CT molecular complexity index is 277. The summed E-state index contributed by atoms with van der Waals surface area (Å²) in [6, 6.07) is 10.2. The number of rotatable bonds is 5. The van der Waals surface area contributed by atoms with Crippen LogP contribution < -0.4 is 5.90 Å². The van der Waals surface area contributed by atoms with Gasteiger partial charge in [-0.1, -0.05) is 30.3 Å². The first kappa shape index (κ1) is 13.9. The third-order valence-electron chi connectivity index (χ3n) is 2.07. The molecule has 0 atom stereocenters. The van der Waals surface area contributed by atoms with Gasteiger partial charge in [0.1, 0.15) is 0 Å². The number of unbranched alkanes of at least 4 members (excludes halogenated alkanes) is 1. The summed E-state index contributed by atoms with van der Waals surface area (Å²) in [5, 5.41) is 0. The number of carbonyl (C=O) groups excluding carboxylic acids is 1. The molecule has 0 aliphatic heterocycles. The first-order chi connectivity index (χ1) is 6.83. The van der Waals surface area contributed by atoms with E-state index in [4.69, 9.17) is 5.90 Å². The summed E-state index contributed by atoms with van der Waals surface area (Å²) in [5.74, 6) is 4.38. The van der Waals surface area contributed by atoms with Gasteiger partial charge < -0.3 is 4.84 Å². The van der Waals surface area contributed by atoms with Gasteiger partial charge in [0.15, 0.2) is 0 Å². The Hall–Kier alpha value is -1.06. The Morgan fingerprint density at radius 3 is 2.47 bits per heavy atom. The van der Waals surface area contributed by atoms with Crippen molar-refractivity contribution in [3.63, 3.8) is 0 Å². The van der Waals surface area contributed by atoms with Gasteiger partial charge in [0.2, 0.25) is 0 Å². The third-order valence-corrected chi connectivity index (χ3v) is 2.07. The first-order valence-corrected chi connectivity index (χ1v) is 4.76. The van der Waals surface area contributed by atoms with Crippen LogP contribution >= 0.6 is 12.4 Å². The molecule has 1 aromatic carbocycles. The summed E-state index contributed by atoms with van der Waals surface area (Å²) in [6.07, 6.45) is 3.21. The number of carbonyl (C=O) groups is 1. The smallest absolute Gasteiger partial charge is 0.324 e. The van der Waals surface area contributed by atoms with E-state index in [1.165, 1.54) is 5.56 Å². The van der Waals surface area contributed by atoms with Crippen molar-refractivity contribution >= 4 is 18.4 Å². The van der Waals surface area contributed by atoms with Crippen molar-refractivity contribution in [2.45, 2.75) is 25.7 Å². The van der Waals surface area contributed by atoms with Gasteiger partial charge in [0, 0.05) is 6.42 Å². The summed E-state index contributed by atoms with van der Waals surface area (Å²) in [6.45, 7) is 0. The second-order valence-electron chi connectivity index (χ2n) is 3.18. The van der Waals surface area contributed by atoms with Crippen LogP contribution in [0.25, 0.3) is 0 Å². The fourth-order valence-electron chi connectivity index (χ4n) is 1.30. The van der Waals surface area contributed by atoms with Crippen LogP contribution in [-0.2, 0) is 16.1 Å². The van der Waals surface area contributed by atoms with E-state index in [1.807, 2.05) is 18.2 Å². The monoisotopic (exact) mass is 229 g/mol. The Morgan fingerprint density at radius 1 is 1.20 bits per heavy atom. The number of halogens is 1. The Kier molecular flexibility index (Phi) is 7.68. The predicted octanol–water partition coefficient (Wildman–Crippen LogP) is 2.24. The van der Waals surface area contributed by atoms with Gasteiger partial charge in [-0.05, 0) is 24.8 Å². The van der Waals surface area contributed by atoms with Crippen LogP contribution in [0.1, 0.15) is 24.8 Å². The van der Waals surface area contributed by atoms with E-state index in [1.54, 1.807) is 0 Å². The zero-order valence-corrected chi connectivity index (χ0v) is 9.33. The van der Waals surface area contributed by atoms with Crippen molar-refractivity contribution in [3.8, 4) is 0 Å². The average molecular weight is 230 g/mol. The van der Waals surface area contributed by atoms with Crippen LogP contribution in [0.2, 0.25) is 0 Å². The van der Waals surface area contributed by atoms with E-state index in [0.29, 0.717) is 6.42 Å². The molecule has 3 nitrogen and oxygen atoms in total. The number of hydrogen-bond acceptors (Lipinski definition) is 3. The summed E-state index contributed by atoms with van der Waals surface area (Å²) in [5.41, 5.74) is 1.30. The van der Waals surface area contributed by atoms with E-state index < -0.39 is 0 Å². The molecule has 0 saturated carbocycles. The third kappa shape index (κ3) is 6.10. The minimum atomic E-state index is -0.335. The number of hydrogen-bond donors (Lipinski definition) is 1. The molecule has 0 aromatic heterocycles. The standard InChI is InChI=1S/C11H15NO2.ClH/c12-14-11(13)9-5-4-8-10-6-2-1-3-7-10;/h1-3,6-7H,4-5,8-9,12H2;1H. The van der Waals surface area contributed by atoms with Crippen molar-refractivity contribution < 1.29 is 9.63 Å². The molecule has 0 bridgehead atoms. The topological polar surface area (TPSA) is 52.3 Å². The quantitative estimate of drug-likeness (QED) is 0.622. The van der Waals surface area contributed by atoms with Gasteiger partial charge in [0.05, 0.1) is 0 Å². The maximum absolute atomic E-state index is 10.7. The Labute approximate surface area is 96.0 Å². The number of benzene rings is 1. The molecule has 15 heavy (non-hydrogen) atoms. The SMILES string of the molecule is Cl.NOC(=O)CCCCc1ccccc1. The van der Waals surface area contributed by atoms with Crippen LogP contribution in [0.15, 0.2) is 30.3 Å². The lowest BCUT2D eigenvalue weighted by Crippen LogP contribution is -2.09. The van der Waals surface area contributed by atoms with Crippen molar-refractivity contribution in [2.24, 2.45) is 5.90 Å². The second-order valence-corrected chi connectivity index (χ2v) is 3.18. The van der Waals surface area contributed by atoms with Crippen LogP contribution in [0, 0.1) is 0 Å². The molecule has 1 rings (SSSR count). The molecular weight excluding hydrogens is 214 g/mol. The highest BCUT2D eigenvalue weighted by atomic mass is 35.5. The van der Waals surface area contributed by atoms with Crippen LogP contribution in [0.3, 0.4) is 0 Å². The van der Waals surface area contributed by atoms with Gasteiger partial charge in [-0.2, -0.15) is 5.90 Å². The highest BCUT2D eigenvalue weighted by Gasteiger charge is 1.99. The zero-order chi connectivity index (χ0) is 10.2. The molecule has 0 fully saturated rings. The van der Waals surface area contributed by atoms with Gasteiger partial charge in [0.25, 0.3) is 0 Å². The summed E-state index contributed by atoms with van der Waals surface area (Å²) in [4.78, 5) is 14.7. The molecule has 0 spiro atoms. The van der Waals surface area contributed by atoms with Crippen molar-refractivity contribution in [1.29, 1.82) is 0 Å². The molecule has 0 unspecified atom stereocenters. The van der Waals surface area contributed by atoms with E-state index in [9.17, 15) is 4.79 Å². The molecule has 4 heteroatoms. The van der Waals surface area contributed by atoms with Crippen molar-refractivity contribution in [2.75, 3.05) is 0 Å². The Balaban J connectivity index is 0.00000196. The first-order valence-electron chi connectivity index (χ1n) is 4.76. The normalized spacial score (nSPS) is 9.13. The van der Waals surface area contributed by atoms with Crippen LogP contribution in [0.5, 0.6) is 0 Å². The van der Waals surface area contributed by atoms with Gasteiger partial charge in [-0.25, -0.2) is 0 Å². The highest BCUT2D eigenvalue weighted by Crippen LogP contribution is 2.06. The minimum absolute atomic E-state index is 0. The molecule has 0 radical (unpaired) electrons. The molecule has 0 aliphatic rings. The zero-order valence-electron chi connectivity index (χ0n) is 8.52. The summed E-state index contributed by atoms with van der Waals surface area (Å²) >= 11 is 0. The lowest BCUT2D eigenvalue weighted by molar-refractivity contribution is -0.144. The second kappa shape index (κ2) is 8.26. The fourth-order valence-corrected chi connectivity index (χ4v) is 1.30. The molecule has 0 aliphatic carbocycles.